The molecule has 3 heteroatoms. The van der Waals surface area contributed by atoms with E-state index in [-0.39, 0.29) is 5.41 Å². The molecule has 1 aromatic heterocycles. The van der Waals surface area contributed by atoms with Crippen molar-refractivity contribution in [3.05, 3.63) is 22.8 Å². The molecule has 0 radical (unpaired) electrons. The molecule has 1 rings (SSSR count). The quantitative estimate of drug-likeness (QED) is 0.875. The molecule has 96 valence electrons. The Morgan fingerprint density at radius 2 is 1.53 bits per heavy atom. The second kappa shape index (κ2) is 5.13. The first kappa shape index (κ1) is 14.1. The molecule has 1 heterocycles. The van der Waals surface area contributed by atoms with Crippen LogP contribution in [0.5, 0.6) is 0 Å². The molecule has 0 aliphatic heterocycles. The summed E-state index contributed by atoms with van der Waals surface area (Å²) in [4.78, 5) is 9.26. The number of hydrogen-bond acceptors (Lipinski definition) is 3. The molecular weight excluding hydrogens is 210 g/mol. The average Bonchev–Trinajstić information content (AvgIpc) is 2.14. The highest BCUT2D eigenvalue weighted by molar-refractivity contribution is 5.25. The van der Waals surface area contributed by atoms with Gasteiger partial charge in [0.05, 0.1) is 0 Å². The minimum absolute atomic E-state index is 0.0134. The number of aromatic nitrogens is 2. The second-order valence-corrected chi connectivity index (χ2v) is 5.98. The van der Waals surface area contributed by atoms with Crippen LogP contribution in [0.15, 0.2) is 0 Å². The monoisotopic (exact) mass is 235 g/mol. The summed E-state index contributed by atoms with van der Waals surface area (Å²) in [6.45, 7) is 15.7. The second-order valence-electron chi connectivity index (χ2n) is 5.98. The Morgan fingerprint density at radius 3 is 1.88 bits per heavy atom. The third-order valence-corrected chi connectivity index (χ3v) is 2.78. The van der Waals surface area contributed by atoms with Crippen molar-refractivity contribution in [1.29, 1.82) is 0 Å². The van der Waals surface area contributed by atoms with Gasteiger partial charge in [0.2, 0.25) is 0 Å². The van der Waals surface area contributed by atoms with Crippen LogP contribution in [0.4, 0.5) is 0 Å². The molecule has 0 spiro atoms. The maximum Gasteiger partial charge on any atom is 0.134 e. The van der Waals surface area contributed by atoms with Crippen LogP contribution in [-0.4, -0.2) is 16.0 Å². The number of nitrogens with one attached hydrogen (secondary N) is 1. The van der Waals surface area contributed by atoms with Gasteiger partial charge in [-0.25, -0.2) is 9.97 Å². The molecule has 0 aliphatic carbocycles. The first-order valence-corrected chi connectivity index (χ1v) is 6.29. The Morgan fingerprint density at radius 1 is 1.06 bits per heavy atom. The van der Waals surface area contributed by atoms with Crippen molar-refractivity contribution in [2.75, 3.05) is 0 Å². The highest BCUT2D eigenvalue weighted by atomic mass is 14.9. The minimum atomic E-state index is 0.0134. The number of aryl methyl sites for hydroxylation is 2. The molecule has 0 aromatic carbocycles. The third kappa shape index (κ3) is 3.77. The molecule has 0 saturated carbocycles. The van der Waals surface area contributed by atoms with Crippen LogP contribution < -0.4 is 5.32 Å². The smallest absolute Gasteiger partial charge is 0.134 e. The van der Waals surface area contributed by atoms with Gasteiger partial charge in [0, 0.05) is 35.0 Å². The fraction of sp³-hybridized carbons (Fsp3) is 0.714. The van der Waals surface area contributed by atoms with Crippen LogP contribution in [-0.2, 0) is 12.0 Å². The van der Waals surface area contributed by atoms with Gasteiger partial charge in [0.25, 0.3) is 0 Å². The topological polar surface area (TPSA) is 37.8 Å². The van der Waals surface area contributed by atoms with E-state index in [9.17, 15) is 0 Å². The van der Waals surface area contributed by atoms with Crippen molar-refractivity contribution >= 4 is 0 Å². The van der Waals surface area contributed by atoms with Gasteiger partial charge in [-0.1, -0.05) is 34.6 Å². The Labute approximate surface area is 105 Å². The Kier molecular flexibility index (Phi) is 4.26. The lowest BCUT2D eigenvalue weighted by Gasteiger charge is -2.20. The van der Waals surface area contributed by atoms with E-state index in [1.54, 1.807) is 0 Å². The SMILES string of the molecule is Cc1nc(C(C)(C)C)nc(C)c1CNC(C)C. The summed E-state index contributed by atoms with van der Waals surface area (Å²) in [6.07, 6.45) is 0. The van der Waals surface area contributed by atoms with Gasteiger partial charge in [0.1, 0.15) is 5.82 Å². The first-order valence-electron chi connectivity index (χ1n) is 6.29. The maximum absolute atomic E-state index is 4.63. The molecule has 0 saturated heterocycles. The molecule has 17 heavy (non-hydrogen) atoms. The van der Waals surface area contributed by atoms with Gasteiger partial charge in [-0.05, 0) is 13.8 Å². The normalized spacial score (nSPS) is 12.2. The standard InChI is InChI=1S/C14H25N3/c1-9(2)15-8-12-10(3)16-13(14(5,6)7)17-11(12)4/h9,15H,8H2,1-7H3. The lowest BCUT2D eigenvalue weighted by Crippen LogP contribution is -2.25. The van der Waals surface area contributed by atoms with E-state index in [0.29, 0.717) is 6.04 Å². The van der Waals surface area contributed by atoms with Crippen molar-refractivity contribution in [3.63, 3.8) is 0 Å². The van der Waals surface area contributed by atoms with Gasteiger partial charge in [-0.3, -0.25) is 0 Å². The largest absolute Gasteiger partial charge is 0.310 e. The Bertz CT molecular complexity index is 366. The van der Waals surface area contributed by atoms with E-state index in [1.165, 1.54) is 5.56 Å². The maximum atomic E-state index is 4.63. The van der Waals surface area contributed by atoms with Crippen LogP contribution in [0, 0.1) is 13.8 Å². The van der Waals surface area contributed by atoms with Crippen LogP contribution in [0.3, 0.4) is 0 Å². The van der Waals surface area contributed by atoms with E-state index in [1.807, 2.05) is 0 Å². The zero-order valence-electron chi connectivity index (χ0n) is 12.2. The van der Waals surface area contributed by atoms with E-state index in [4.69, 9.17) is 0 Å². The van der Waals surface area contributed by atoms with Gasteiger partial charge >= 0.3 is 0 Å². The Hall–Kier alpha value is -0.960. The molecule has 0 aliphatic rings. The molecule has 3 nitrogen and oxygen atoms in total. The highest BCUT2D eigenvalue weighted by Crippen LogP contribution is 2.20. The fourth-order valence-electron chi connectivity index (χ4n) is 1.64. The van der Waals surface area contributed by atoms with Crippen LogP contribution >= 0.6 is 0 Å². The molecule has 0 unspecified atom stereocenters. The van der Waals surface area contributed by atoms with Gasteiger partial charge in [0.15, 0.2) is 0 Å². The summed E-state index contributed by atoms with van der Waals surface area (Å²) >= 11 is 0. The van der Waals surface area contributed by atoms with Crippen LogP contribution in [0.2, 0.25) is 0 Å². The van der Waals surface area contributed by atoms with Crippen molar-refractivity contribution in [2.45, 2.75) is 66.5 Å². The van der Waals surface area contributed by atoms with E-state index >= 15 is 0 Å². The summed E-state index contributed by atoms with van der Waals surface area (Å²) in [5.41, 5.74) is 3.43. The predicted molar refractivity (Wildman–Crippen MR) is 72.2 cm³/mol. The summed E-state index contributed by atoms with van der Waals surface area (Å²) in [7, 11) is 0. The first-order chi connectivity index (χ1) is 7.71. The van der Waals surface area contributed by atoms with Crippen molar-refractivity contribution in [1.82, 2.24) is 15.3 Å². The molecule has 1 aromatic rings. The van der Waals surface area contributed by atoms with Crippen LogP contribution in [0.1, 0.15) is 57.4 Å². The zero-order valence-corrected chi connectivity index (χ0v) is 12.2. The average molecular weight is 235 g/mol. The number of hydrogen-bond donors (Lipinski definition) is 1. The number of rotatable bonds is 3. The lowest BCUT2D eigenvalue weighted by molar-refractivity contribution is 0.533. The van der Waals surface area contributed by atoms with Gasteiger partial charge < -0.3 is 5.32 Å². The molecule has 1 N–H and O–H groups in total. The fourth-order valence-corrected chi connectivity index (χ4v) is 1.64. The summed E-state index contributed by atoms with van der Waals surface area (Å²) < 4.78 is 0. The van der Waals surface area contributed by atoms with Gasteiger partial charge in [-0.15, -0.1) is 0 Å². The van der Waals surface area contributed by atoms with Crippen molar-refractivity contribution < 1.29 is 0 Å². The minimum Gasteiger partial charge on any atom is -0.310 e. The van der Waals surface area contributed by atoms with Gasteiger partial charge in [-0.2, -0.15) is 0 Å². The zero-order chi connectivity index (χ0) is 13.2. The molecule has 0 bridgehead atoms. The highest BCUT2D eigenvalue weighted by Gasteiger charge is 2.19. The summed E-state index contributed by atoms with van der Waals surface area (Å²) in [5, 5.41) is 3.42. The summed E-state index contributed by atoms with van der Waals surface area (Å²) in [5.74, 6) is 0.931. The summed E-state index contributed by atoms with van der Waals surface area (Å²) in [6, 6.07) is 0.482. The van der Waals surface area contributed by atoms with E-state index in [0.717, 1.165) is 23.8 Å². The Balaban J connectivity index is 3.03. The molecular formula is C14H25N3. The molecule has 0 fully saturated rings. The van der Waals surface area contributed by atoms with E-state index in [2.05, 4.69) is 63.8 Å². The molecule has 0 atom stereocenters. The number of nitrogens with zero attached hydrogens (tertiary/aromatic N) is 2. The van der Waals surface area contributed by atoms with Crippen LogP contribution in [0.25, 0.3) is 0 Å². The molecule has 0 amide bonds. The predicted octanol–water partition coefficient (Wildman–Crippen LogP) is 2.89. The van der Waals surface area contributed by atoms with Crippen molar-refractivity contribution in [3.8, 4) is 0 Å². The van der Waals surface area contributed by atoms with Crippen molar-refractivity contribution in [2.24, 2.45) is 0 Å². The van der Waals surface area contributed by atoms with E-state index < -0.39 is 0 Å². The lowest BCUT2D eigenvalue weighted by atomic mass is 9.95. The third-order valence-electron chi connectivity index (χ3n) is 2.78.